The van der Waals surface area contributed by atoms with Crippen LogP contribution in [0.25, 0.3) is 17.0 Å². The molecule has 0 spiro atoms. The number of hydrogen-bond acceptors (Lipinski definition) is 1. The molecule has 96 valence electrons. The van der Waals surface area contributed by atoms with Crippen molar-refractivity contribution in [3.63, 3.8) is 0 Å². The van der Waals surface area contributed by atoms with Crippen molar-refractivity contribution in [1.29, 1.82) is 0 Å². The maximum atomic E-state index is 2.41. The highest BCUT2D eigenvalue weighted by Gasteiger charge is 2.12. The van der Waals surface area contributed by atoms with Crippen LogP contribution in [0, 0.1) is 13.8 Å². The van der Waals surface area contributed by atoms with Crippen molar-refractivity contribution in [3.8, 4) is 0 Å². The average molecular weight is 259 g/mol. The first-order valence-electron chi connectivity index (χ1n) is 6.44. The quantitative estimate of drug-likeness (QED) is 0.700. The summed E-state index contributed by atoms with van der Waals surface area (Å²) in [7, 11) is 0. The van der Waals surface area contributed by atoms with E-state index in [0.717, 1.165) is 6.54 Å². The van der Waals surface area contributed by atoms with Crippen LogP contribution in [0.1, 0.15) is 30.7 Å². The van der Waals surface area contributed by atoms with Gasteiger partial charge < -0.3 is 4.57 Å². The van der Waals surface area contributed by atoms with Crippen LogP contribution in [0.2, 0.25) is 0 Å². The van der Waals surface area contributed by atoms with Gasteiger partial charge in [0.25, 0.3) is 0 Å². The summed E-state index contributed by atoms with van der Waals surface area (Å²) < 4.78 is 2.41. The Hall–Kier alpha value is -1.15. The number of allylic oxidation sites excluding steroid dienone is 1. The molecule has 0 saturated heterocycles. The molecule has 0 radical (unpaired) electrons. The van der Waals surface area contributed by atoms with Crippen LogP contribution in [0.5, 0.6) is 0 Å². The van der Waals surface area contributed by atoms with Crippen LogP contribution >= 0.6 is 11.8 Å². The lowest BCUT2D eigenvalue weighted by molar-refractivity contribution is 0.768. The van der Waals surface area contributed by atoms with Crippen molar-refractivity contribution in [1.82, 2.24) is 4.57 Å². The second-order valence-corrected chi connectivity index (χ2v) is 5.43. The number of hydrogen-bond donors (Lipinski definition) is 0. The fourth-order valence-electron chi connectivity index (χ4n) is 2.64. The molecule has 1 nitrogen and oxygen atoms in total. The minimum atomic E-state index is 1.02. The van der Waals surface area contributed by atoms with Crippen molar-refractivity contribution in [2.45, 2.75) is 39.1 Å². The minimum Gasteiger partial charge on any atom is -0.345 e. The van der Waals surface area contributed by atoms with Crippen molar-refractivity contribution >= 4 is 28.7 Å². The van der Waals surface area contributed by atoms with E-state index >= 15 is 0 Å². The Morgan fingerprint density at radius 1 is 1.28 bits per heavy atom. The Morgan fingerprint density at radius 2 is 2.00 bits per heavy atom. The Labute approximate surface area is 114 Å². The van der Waals surface area contributed by atoms with Gasteiger partial charge in [0.2, 0.25) is 0 Å². The van der Waals surface area contributed by atoms with Crippen LogP contribution in [-0.4, -0.2) is 10.8 Å². The third-order valence-electron chi connectivity index (χ3n) is 3.54. The zero-order chi connectivity index (χ0) is 13.3. The van der Waals surface area contributed by atoms with Crippen LogP contribution < -0.4 is 0 Å². The second kappa shape index (κ2) is 5.23. The molecule has 1 heterocycles. The van der Waals surface area contributed by atoms with Gasteiger partial charge in [0.05, 0.1) is 0 Å². The number of aromatic nitrogens is 1. The van der Waals surface area contributed by atoms with E-state index in [9.17, 15) is 0 Å². The third kappa shape index (κ3) is 1.99. The molecular formula is C16H21NS. The summed E-state index contributed by atoms with van der Waals surface area (Å²) in [4.78, 5) is 1.38. The van der Waals surface area contributed by atoms with Gasteiger partial charge in [0, 0.05) is 33.6 Å². The molecule has 1 aromatic heterocycles. The second-order valence-electron chi connectivity index (χ2n) is 4.58. The van der Waals surface area contributed by atoms with Crippen LogP contribution in [0.4, 0.5) is 0 Å². The normalized spacial score (nSPS) is 11.8. The predicted molar refractivity (Wildman–Crippen MR) is 83.6 cm³/mol. The molecule has 0 aliphatic rings. The lowest BCUT2D eigenvalue weighted by Gasteiger charge is -2.06. The number of nitrogens with zero attached hydrogens (tertiary/aromatic N) is 1. The maximum Gasteiger partial charge on any atom is 0.0500 e. The lowest BCUT2D eigenvalue weighted by atomic mass is 10.1. The lowest BCUT2D eigenvalue weighted by Crippen LogP contribution is -1.96. The van der Waals surface area contributed by atoms with E-state index in [4.69, 9.17) is 0 Å². The molecule has 1 aromatic carbocycles. The molecule has 0 amide bonds. The Balaban J connectivity index is 2.86. The van der Waals surface area contributed by atoms with E-state index in [1.165, 1.54) is 32.6 Å². The topological polar surface area (TPSA) is 4.93 Å². The number of benzene rings is 1. The number of thioether (sulfide) groups is 1. The van der Waals surface area contributed by atoms with Crippen LogP contribution in [0.15, 0.2) is 23.1 Å². The molecule has 0 N–H and O–H groups in total. The van der Waals surface area contributed by atoms with Gasteiger partial charge >= 0.3 is 0 Å². The fraction of sp³-hybridized carbons (Fsp3) is 0.375. The Morgan fingerprint density at radius 3 is 2.56 bits per heavy atom. The summed E-state index contributed by atoms with van der Waals surface area (Å²) in [6.07, 6.45) is 6.49. The van der Waals surface area contributed by atoms with Gasteiger partial charge in [-0.25, -0.2) is 0 Å². The summed E-state index contributed by atoms with van der Waals surface area (Å²) in [5.41, 5.74) is 5.46. The van der Waals surface area contributed by atoms with Gasteiger partial charge in [-0.1, -0.05) is 12.2 Å². The monoisotopic (exact) mass is 259 g/mol. The third-order valence-corrected chi connectivity index (χ3v) is 4.42. The SMILES string of the molecule is C/C=C\c1c(C)n(CC)c2cc(SC)c(C)cc12. The van der Waals surface area contributed by atoms with Gasteiger partial charge in [-0.05, 0) is 51.6 Å². The molecule has 2 rings (SSSR count). The highest BCUT2D eigenvalue weighted by Crippen LogP contribution is 2.32. The minimum absolute atomic E-state index is 1.02. The molecule has 0 atom stereocenters. The highest BCUT2D eigenvalue weighted by molar-refractivity contribution is 7.98. The van der Waals surface area contributed by atoms with E-state index in [0.29, 0.717) is 0 Å². The number of aryl methyl sites for hydroxylation is 2. The number of rotatable bonds is 3. The van der Waals surface area contributed by atoms with E-state index < -0.39 is 0 Å². The molecule has 0 bridgehead atoms. The number of fused-ring (bicyclic) bond motifs is 1. The molecule has 0 aliphatic heterocycles. The first-order chi connectivity index (χ1) is 8.63. The van der Waals surface area contributed by atoms with Gasteiger partial charge in [-0.15, -0.1) is 11.8 Å². The molecule has 0 unspecified atom stereocenters. The van der Waals surface area contributed by atoms with E-state index in [1.54, 1.807) is 0 Å². The zero-order valence-corrected chi connectivity index (χ0v) is 12.7. The standard InChI is InChI=1S/C16H21NS/c1-6-8-13-12(4)17(7-2)15-10-16(18-5)11(3)9-14(13)15/h6,8-10H,7H2,1-5H3/b8-6-. The Bertz CT molecular complexity index is 605. The van der Waals surface area contributed by atoms with Crippen LogP contribution in [0.3, 0.4) is 0 Å². The Kier molecular flexibility index (Phi) is 3.86. The highest BCUT2D eigenvalue weighted by atomic mass is 32.2. The summed E-state index contributed by atoms with van der Waals surface area (Å²) in [5.74, 6) is 0. The van der Waals surface area contributed by atoms with Gasteiger partial charge in [-0.2, -0.15) is 0 Å². The predicted octanol–water partition coefficient (Wildman–Crippen LogP) is 5.03. The van der Waals surface area contributed by atoms with Crippen molar-refractivity contribution in [3.05, 3.63) is 35.0 Å². The zero-order valence-electron chi connectivity index (χ0n) is 11.9. The van der Waals surface area contributed by atoms with E-state index in [2.05, 4.69) is 62.8 Å². The molecular weight excluding hydrogens is 238 g/mol. The first kappa shape index (κ1) is 13.3. The first-order valence-corrected chi connectivity index (χ1v) is 7.66. The molecule has 2 aromatic rings. The fourth-order valence-corrected chi connectivity index (χ4v) is 3.25. The van der Waals surface area contributed by atoms with Crippen molar-refractivity contribution < 1.29 is 0 Å². The maximum absolute atomic E-state index is 2.41. The molecule has 2 heteroatoms. The molecule has 0 aliphatic carbocycles. The van der Waals surface area contributed by atoms with Crippen molar-refractivity contribution in [2.24, 2.45) is 0 Å². The van der Waals surface area contributed by atoms with Gasteiger partial charge in [-0.3, -0.25) is 0 Å². The largest absolute Gasteiger partial charge is 0.345 e. The summed E-state index contributed by atoms with van der Waals surface area (Å²) in [6, 6.07) is 4.66. The molecule has 18 heavy (non-hydrogen) atoms. The van der Waals surface area contributed by atoms with Gasteiger partial charge in [0.15, 0.2) is 0 Å². The van der Waals surface area contributed by atoms with Gasteiger partial charge in [0.1, 0.15) is 0 Å². The van der Waals surface area contributed by atoms with Crippen LogP contribution in [-0.2, 0) is 6.54 Å². The summed E-state index contributed by atoms with van der Waals surface area (Å²) >= 11 is 1.83. The smallest absolute Gasteiger partial charge is 0.0500 e. The summed E-state index contributed by atoms with van der Waals surface area (Å²) in [5, 5.41) is 1.38. The average Bonchev–Trinajstić information content (AvgIpc) is 2.61. The summed E-state index contributed by atoms with van der Waals surface area (Å²) in [6.45, 7) is 9.73. The van der Waals surface area contributed by atoms with Crippen molar-refractivity contribution in [2.75, 3.05) is 6.26 Å². The molecule has 0 saturated carbocycles. The molecule has 0 fully saturated rings. The van der Waals surface area contributed by atoms with E-state index in [-0.39, 0.29) is 0 Å². The van der Waals surface area contributed by atoms with E-state index in [1.807, 2.05) is 11.8 Å².